The van der Waals surface area contributed by atoms with Crippen LogP contribution in [0.25, 0.3) is 11.0 Å². The molecule has 3 rings (SSSR count). The molecule has 0 bridgehead atoms. The summed E-state index contributed by atoms with van der Waals surface area (Å²) >= 11 is 0. The van der Waals surface area contributed by atoms with E-state index in [-0.39, 0.29) is 0 Å². The van der Waals surface area contributed by atoms with E-state index in [4.69, 9.17) is 13.9 Å². The molecule has 1 aromatic heterocycles. The van der Waals surface area contributed by atoms with Gasteiger partial charge < -0.3 is 13.9 Å². The monoisotopic (exact) mass is 230 g/mol. The number of hydrogen-bond acceptors (Lipinski definition) is 3. The Bertz CT molecular complexity index is 566. The smallest absolute Gasteiger partial charge is 0.205 e. The van der Waals surface area contributed by atoms with Crippen LogP contribution in [0.15, 0.2) is 35.0 Å². The average molecular weight is 230 g/mol. The molecule has 0 amide bonds. The van der Waals surface area contributed by atoms with Gasteiger partial charge in [-0.2, -0.15) is 0 Å². The van der Waals surface area contributed by atoms with Gasteiger partial charge in [0.15, 0.2) is 11.3 Å². The molecule has 0 spiro atoms. The van der Waals surface area contributed by atoms with E-state index in [0.29, 0.717) is 13.2 Å². The molecule has 2 heterocycles. The number of rotatable bonds is 2. The number of hydrogen-bond donors (Lipinski definition) is 0. The van der Waals surface area contributed by atoms with Crippen molar-refractivity contribution in [2.45, 2.75) is 13.3 Å². The van der Waals surface area contributed by atoms with Crippen LogP contribution in [0.4, 0.5) is 0 Å². The van der Waals surface area contributed by atoms with Crippen molar-refractivity contribution in [3.05, 3.63) is 36.1 Å². The third-order valence-corrected chi connectivity index (χ3v) is 2.85. The lowest BCUT2D eigenvalue weighted by molar-refractivity contribution is 0.296. The van der Waals surface area contributed by atoms with Crippen LogP contribution in [0.1, 0.15) is 12.5 Å². The predicted octanol–water partition coefficient (Wildman–Crippen LogP) is 3.32. The average Bonchev–Trinajstić information content (AvgIpc) is 2.66. The van der Waals surface area contributed by atoms with Crippen LogP contribution in [0.5, 0.6) is 11.5 Å². The highest BCUT2D eigenvalue weighted by Crippen LogP contribution is 2.40. The van der Waals surface area contributed by atoms with Gasteiger partial charge in [0.1, 0.15) is 6.61 Å². The van der Waals surface area contributed by atoms with Crippen LogP contribution in [0.3, 0.4) is 0 Å². The molecule has 0 unspecified atom stereocenters. The lowest BCUT2D eigenvalue weighted by Crippen LogP contribution is -2.00. The number of allylic oxidation sites excluding steroid dienone is 1. The van der Waals surface area contributed by atoms with Crippen LogP contribution >= 0.6 is 0 Å². The second kappa shape index (κ2) is 4.17. The first-order chi connectivity index (χ1) is 8.40. The van der Waals surface area contributed by atoms with Crippen molar-refractivity contribution < 1.29 is 13.9 Å². The highest BCUT2D eigenvalue weighted by molar-refractivity contribution is 5.87. The van der Waals surface area contributed by atoms with E-state index in [2.05, 4.69) is 12.1 Å². The van der Waals surface area contributed by atoms with Crippen LogP contribution in [-0.2, 0) is 6.42 Å². The molecular formula is C14H14O3. The molecular weight excluding hydrogens is 216 g/mol. The quantitative estimate of drug-likeness (QED) is 0.742. The summed E-state index contributed by atoms with van der Waals surface area (Å²) < 4.78 is 16.9. The van der Waals surface area contributed by atoms with Crippen molar-refractivity contribution >= 4 is 11.0 Å². The third kappa shape index (κ3) is 1.68. The number of ether oxygens (including phenoxy) is 2. The first kappa shape index (κ1) is 10.3. The zero-order valence-electron chi connectivity index (χ0n) is 9.73. The zero-order chi connectivity index (χ0) is 11.7. The summed E-state index contributed by atoms with van der Waals surface area (Å²) in [5, 5.41) is 1.06. The summed E-state index contributed by atoms with van der Waals surface area (Å²) in [5.41, 5.74) is 1.92. The maximum atomic E-state index is 5.74. The molecule has 0 saturated carbocycles. The highest BCUT2D eigenvalue weighted by Gasteiger charge is 2.18. The van der Waals surface area contributed by atoms with E-state index in [0.717, 1.165) is 34.5 Å². The van der Waals surface area contributed by atoms with Crippen molar-refractivity contribution in [3.63, 3.8) is 0 Å². The Hall–Kier alpha value is -1.90. The number of furan rings is 1. The molecule has 3 nitrogen and oxygen atoms in total. The van der Waals surface area contributed by atoms with Crippen LogP contribution in [0, 0.1) is 0 Å². The van der Waals surface area contributed by atoms with Crippen molar-refractivity contribution in [2.75, 3.05) is 13.2 Å². The van der Waals surface area contributed by atoms with E-state index in [9.17, 15) is 0 Å². The van der Waals surface area contributed by atoms with E-state index in [1.165, 1.54) is 0 Å². The highest BCUT2D eigenvalue weighted by atomic mass is 16.5. The van der Waals surface area contributed by atoms with Gasteiger partial charge in [-0.05, 0) is 25.5 Å². The summed E-state index contributed by atoms with van der Waals surface area (Å²) in [6, 6.07) is 4.05. The summed E-state index contributed by atoms with van der Waals surface area (Å²) in [7, 11) is 0. The Morgan fingerprint density at radius 2 is 2.29 bits per heavy atom. The van der Waals surface area contributed by atoms with Gasteiger partial charge in [-0.25, -0.2) is 0 Å². The minimum Gasteiger partial charge on any atom is -0.487 e. The molecule has 2 aromatic rings. The summed E-state index contributed by atoms with van der Waals surface area (Å²) in [6.45, 7) is 3.14. The fourth-order valence-electron chi connectivity index (χ4n) is 2.11. The Kier molecular flexibility index (Phi) is 2.52. The van der Waals surface area contributed by atoms with Crippen molar-refractivity contribution in [1.29, 1.82) is 0 Å². The van der Waals surface area contributed by atoms with E-state index in [1.807, 2.05) is 19.1 Å². The maximum Gasteiger partial charge on any atom is 0.205 e. The molecule has 0 aliphatic carbocycles. The second-order valence-electron chi connectivity index (χ2n) is 3.95. The second-order valence-corrected chi connectivity index (χ2v) is 3.95. The summed E-state index contributed by atoms with van der Waals surface area (Å²) in [5.74, 6) is 1.55. The summed E-state index contributed by atoms with van der Waals surface area (Å²) in [6.07, 6.45) is 6.70. The molecule has 1 aliphatic heterocycles. The standard InChI is InChI=1S/C14H14O3/c1-2-15-14-12-10(5-3-4-7-16-12)9-11-6-8-17-13(11)14/h3-4,6,8-9H,2,5,7H2,1H3. The van der Waals surface area contributed by atoms with Crippen LogP contribution < -0.4 is 9.47 Å². The van der Waals surface area contributed by atoms with Crippen molar-refractivity contribution in [3.8, 4) is 11.5 Å². The zero-order valence-corrected chi connectivity index (χ0v) is 9.73. The van der Waals surface area contributed by atoms with Gasteiger partial charge in [0.2, 0.25) is 5.75 Å². The van der Waals surface area contributed by atoms with E-state index in [1.54, 1.807) is 6.26 Å². The Labute approximate surface area is 99.6 Å². The first-order valence-electron chi connectivity index (χ1n) is 5.84. The molecule has 17 heavy (non-hydrogen) atoms. The Balaban J connectivity index is 2.24. The molecule has 0 radical (unpaired) electrons. The molecule has 1 aromatic carbocycles. The SMILES string of the molecule is CCOc1c2c(cc3ccoc13)CC=CCO2. The fourth-order valence-corrected chi connectivity index (χ4v) is 2.11. The molecule has 88 valence electrons. The minimum absolute atomic E-state index is 0.583. The predicted molar refractivity (Wildman–Crippen MR) is 65.7 cm³/mol. The Morgan fingerprint density at radius 1 is 1.35 bits per heavy atom. The van der Waals surface area contributed by atoms with Gasteiger partial charge in [-0.3, -0.25) is 0 Å². The van der Waals surface area contributed by atoms with Crippen LogP contribution in [-0.4, -0.2) is 13.2 Å². The third-order valence-electron chi connectivity index (χ3n) is 2.85. The molecule has 3 heteroatoms. The van der Waals surface area contributed by atoms with E-state index >= 15 is 0 Å². The molecule has 0 atom stereocenters. The van der Waals surface area contributed by atoms with Crippen LogP contribution in [0.2, 0.25) is 0 Å². The molecule has 1 aliphatic rings. The molecule has 0 saturated heterocycles. The lowest BCUT2D eigenvalue weighted by Gasteiger charge is -2.13. The minimum atomic E-state index is 0.583. The first-order valence-corrected chi connectivity index (χ1v) is 5.84. The number of fused-ring (bicyclic) bond motifs is 2. The topological polar surface area (TPSA) is 31.6 Å². The van der Waals surface area contributed by atoms with Gasteiger partial charge in [0.05, 0.1) is 12.9 Å². The molecule has 0 N–H and O–H groups in total. The van der Waals surface area contributed by atoms with Gasteiger partial charge in [0, 0.05) is 10.9 Å². The van der Waals surface area contributed by atoms with Crippen molar-refractivity contribution in [1.82, 2.24) is 0 Å². The van der Waals surface area contributed by atoms with Crippen molar-refractivity contribution in [2.24, 2.45) is 0 Å². The largest absolute Gasteiger partial charge is 0.487 e. The van der Waals surface area contributed by atoms with Gasteiger partial charge >= 0.3 is 0 Å². The van der Waals surface area contributed by atoms with Gasteiger partial charge in [-0.1, -0.05) is 12.2 Å². The number of benzene rings is 1. The van der Waals surface area contributed by atoms with Gasteiger partial charge in [0.25, 0.3) is 0 Å². The van der Waals surface area contributed by atoms with Gasteiger partial charge in [-0.15, -0.1) is 0 Å². The normalized spacial score (nSPS) is 14.2. The van der Waals surface area contributed by atoms with E-state index < -0.39 is 0 Å². The Morgan fingerprint density at radius 3 is 3.18 bits per heavy atom. The fraction of sp³-hybridized carbons (Fsp3) is 0.286. The maximum absolute atomic E-state index is 5.74. The molecule has 0 fully saturated rings. The summed E-state index contributed by atoms with van der Waals surface area (Å²) in [4.78, 5) is 0. The lowest BCUT2D eigenvalue weighted by atomic mass is 10.1.